The maximum atomic E-state index is 11.3. The van der Waals surface area contributed by atoms with E-state index in [4.69, 9.17) is 5.26 Å². The Morgan fingerprint density at radius 1 is 1.47 bits per heavy atom. The van der Waals surface area contributed by atoms with Crippen molar-refractivity contribution in [3.05, 3.63) is 29.8 Å². The lowest BCUT2D eigenvalue weighted by molar-refractivity contribution is -0.126. The van der Waals surface area contributed by atoms with Crippen LogP contribution in [0.5, 0.6) is 0 Å². The van der Waals surface area contributed by atoms with Crippen molar-refractivity contribution in [2.24, 2.45) is 0 Å². The summed E-state index contributed by atoms with van der Waals surface area (Å²) in [6.45, 7) is 0.685. The predicted octanol–water partition coefficient (Wildman–Crippen LogP) is 1.14. The highest BCUT2D eigenvalue weighted by Gasteiger charge is 2.25. The van der Waals surface area contributed by atoms with E-state index in [-0.39, 0.29) is 5.91 Å². The van der Waals surface area contributed by atoms with Crippen LogP contribution in [0.25, 0.3) is 0 Å². The largest absolute Gasteiger partial charge is 0.283 e. The molecule has 0 saturated carbocycles. The molecular weight excluding hydrogens is 190 g/mol. The standard InChI is InChI=1S/C11H11N3O/c1-13-11(15)5-6-14(13)10-4-2-3-9(7-10)8-12/h2-4,7H,5-6H2,1H3. The lowest BCUT2D eigenvalue weighted by Crippen LogP contribution is -2.35. The van der Waals surface area contributed by atoms with E-state index < -0.39 is 0 Å². The number of rotatable bonds is 1. The zero-order valence-corrected chi connectivity index (χ0v) is 8.47. The molecule has 1 amide bonds. The van der Waals surface area contributed by atoms with Crippen molar-refractivity contribution in [2.75, 3.05) is 18.6 Å². The predicted molar refractivity (Wildman–Crippen MR) is 55.9 cm³/mol. The highest BCUT2D eigenvalue weighted by atomic mass is 16.2. The third kappa shape index (κ3) is 1.64. The summed E-state index contributed by atoms with van der Waals surface area (Å²) in [5, 5.41) is 12.2. The molecule has 0 N–H and O–H groups in total. The molecule has 1 aromatic rings. The molecule has 1 heterocycles. The summed E-state index contributed by atoms with van der Waals surface area (Å²) in [7, 11) is 1.74. The second kappa shape index (κ2) is 3.62. The molecule has 1 aliphatic heterocycles. The minimum atomic E-state index is 0.109. The van der Waals surface area contributed by atoms with Crippen LogP contribution < -0.4 is 5.01 Å². The molecule has 4 heteroatoms. The molecule has 76 valence electrons. The number of carbonyl (C=O) groups excluding carboxylic acids is 1. The van der Waals surface area contributed by atoms with Crippen LogP contribution in [0.3, 0.4) is 0 Å². The van der Waals surface area contributed by atoms with Crippen molar-refractivity contribution >= 4 is 11.6 Å². The van der Waals surface area contributed by atoms with Gasteiger partial charge in [0.2, 0.25) is 5.91 Å². The summed E-state index contributed by atoms with van der Waals surface area (Å²) in [6.07, 6.45) is 0.535. The number of hydrazine groups is 1. The van der Waals surface area contributed by atoms with Gasteiger partial charge in [-0.2, -0.15) is 5.26 Å². The molecular formula is C11H11N3O. The first-order chi connectivity index (χ1) is 7.22. The number of benzene rings is 1. The van der Waals surface area contributed by atoms with Gasteiger partial charge in [-0.3, -0.25) is 14.8 Å². The Bertz CT molecular complexity index is 436. The van der Waals surface area contributed by atoms with Gasteiger partial charge in [-0.25, -0.2) is 0 Å². The lowest BCUT2D eigenvalue weighted by Gasteiger charge is -2.25. The SMILES string of the molecule is CN1C(=O)CCN1c1cccc(C#N)c1. The van der Waals surface area contributed by atoms with Crippen LogP contribution in [0, 0.1) is 11.3 Å². The molecule has 0 radical (unpaired) electrons. The summed E-state index contributed by atoms with van der Waals surface area (Å²) in [5.41, 5.74) is 1.50. The fourth-order valence-electron chi connectivity index (χ4n) is 1.69. The second-order valence-electron chi connectivity index (χ2n) is 3.45. The van der Waals surface area contributed by atoms with Crippen molar-refractivity contribution in [3.8, 4) is 6.07 Å². The van der Waals surface area contributed by atoms with Crippen LogP contribution in [0.1, 0.15) is 12.0 Å². The fourth-order valence-corrected chi connectivity index (χ4v) is 1.69. The molecule has 0 atom stereocenters. The third-order valence-corrected chi connectivity index (χ3v) is 2.53. The van der Waals surface area contributed by atoms with E-state index in [0.29, 0.717) is 18.5 Å². The van der Waals surface area contributed by atoms with E-state index in [1.165, 1.54) is 0 Å². The Morgan fingerprint density at radius 2 is 2.27 bits per heavy atom. The molecule has 0 spiro atoms. The van der Waals surface area contributed by atoms with Crippen LogP contribution in [0.2, 0.25) is 0 Å². The molecule has 4 nitrogen and oxygen atoms in total. The van der Waals surface area contributed by atoms with Gasteiger partial charge in [0.05, 0.1) is 17.3 Å². The maximum Gasteiger partial charge on any atom is 0.242 e. The van der Waals surface area contributed by atoms with E-state index in [2.05, 4.69) is 6.07 Å². The van der Waals surface area contributed by atoms with E-state index >= 15 is 0 Å². The summed E-state index contributed by atoms with van der Waals surface area (Å²) in [6, 6.07) is 9.35. The molecule has 2 rings (SSSR count). The number of amides is 1. The number of nitriles is 1. The van der Waals surface area contributed by atoms with Crippen LogP contribution in [-0.2, 0) is 4.79 Å². The normalized spacial score (nSPS) is 15.6. The zero-order valence-electron chi connectivity index (χ0n) is 8.47. The van der Waals surface area contributed by atoms with Crippen LogP contribution in [0.4, 0.5) is 5.69 Å². The van der Waals surface area contributed by atoms with Crippen molar-refractivity contribution in [2.45, 2.75) is 6.42 Å². The molecule has 0 unspecified atom stereocenters. The van der Waals surface area contributed by atoms with Gasteiger partial charge >= 0.3 is 0 Å². The number of nitrogens with zero attached hydrogens (tertiary/aromatic N) is 3. The van der Waals surface area contributed by atoms with Gasteiger partial charge in [0.15, 0.2) is 0 Å². The molecule has 1 aliphatic rings. The Morgan fingerprint density at radius 3 is 2.87 bits per heavy atom. The average Bonchev–Trinajstić information content (AvgIpc) is 2.60. The molecule has 1 aromatic carbocycles. The quantitative estimate of drug-likeness (QED) is 0.684. The van der Waals surface area contributed by atoms with Crippen molar-refractivity contribution < 1.29 is 4.79 Å². The topological polar surface area (TPSA) is 47.3 Å². The third-order valence-electron chi connectivity index (χ3n) is 2.53. The lowest BCUT2D eigenvalue weighted by atomic mass is 10.2. The summed E-state index contributed by atoms with van der Waals surface area (Å²) in [5.74, 6) is 0.109. The van der Waals surface area contributed by atoms with E-state index in [9.17, 15) is 4.79 Å². The first-order valence-corrected chi connectivity index (χ1v) is 4.76. The van der Waals surface area contributed by atoms with Crippen LogP contribution in [0.15, 0.2) is 24.3 Å². The molecule has 0 aliphatic carbocycles. The smallest absolute Gasteiger partial charge is 0.242 e. The zero-order chi connectivity index (χ0) is 10.8. The van der Waals surface area contributed by atoms with Crippen molar-refractivity contribution in [3.63, 3.8) is 0 Å². The van der Waals surface area contributed by atoms with E-state index in [1.54, 1.807) is 24.2 Å². The van der Waals surface area contributed by atoms with Gasteiger partial charge in [0.1, 0.15) is 0 Å². The second-order valence-corrected chi connectivity index (χ2v) is 3.45. The highest BCUT2D eigenvalue weighted by molar-refractivity contribution is 5.81. The van der Waals surface area contributed by atoms with Gasteiger partial charge in [0, 0.05) is 20.0 Å². The summed E-state index contributed by atoms with van der Waals surface area (Å²) in [4.78, 5) is 11.3. The van der Waals surface area contributed by atoms with Gasteiger partial charge < -0.3 is 0 Å². The Labute approximate surface area is 88.3 Å². The Balaban J connectivity index is 2.31. The summed E-state index contributed by atoms with van der Waals surface area (Å²) < 4.78 is 0. The number of anilines is 1. The monoisotopic (exact) mass is 201 g/mol. The van der Waals surface area contributed by atoms with Gasteiger partial charge in [-0.1, -0.05) is 6.07 Å². The fraction of sp³-hybridized carbons (Fsp3) is 0.273. The molecule has 0 aromatic heterocycles. The average molecular weight is 201 g/mol. The van der Waals surface area contributed by atoms with Crippen LogP contribution in [-0.4, -0.2) is 24.5 Å². The highest BCUT2D eigenvalue weighted by Crippen LogP contribution is 2.21. The number of carbonyl (C=O) groups is 1. The van der Waals surface area contributed by atoms with E-state index in [1.807, 2.05) is 17.1 Å². The van der Waals surface area contributed by atoms with Crippen molar-refractivity contribution in [1.29, 1.82) is 5.26 Å². The van der Waals surface area contributed by atoms with Crippen molar-refractivity contribution in [1.82, 2.24) is 5.01 Å². The first kappa shape index (κ1) is 9.53. The summed E-state index contributed by atoms with van der Waals surface area (Å²) >= 11 is 0. The molecule has 1 fully saturated rings. The number of hydrogen-bond acceptors (Lipinski definition) is 3. The van der Waals surface area contributed by atoms with Gasteiger partial charge in [-0.05, 0) is 18.2 Å². The first-order valence-electron chi connectivity index (χ1n) is 4.76. The minimum absolute atomic E-state index is 0.109. The number of hydrogen-bond donors (Lipinski definition) is 0. The van der Waals surface area contributed by atoms with Gasteiger partial charge in [-0.15, -0.1) is 0 Å². The van der Waals surface area contributed by atoms with E-state index in [0.717, 1.165) is 5.69 Å². The molecule has 0 bridgehead atoms. The molecule has 15 heavy (non-hydrogen) atoms. The Hall–Kier alpha value is -2.02. The van der Waals surface area contributed by atoms with Crippen LogP contribution >= 0.6 is 0 Å². The molecule has 1 saturated heterocycles. The Kier molecular flexibility index (Phi) is 2.30. The van der Waals surface area contributed by atoms with Gasteiger partial charge in [0.25, 0.3) is 0 Å². The minimum Gasteiger partial charge on any atom is -0.283 e. The maximum absolute atomic E-state index is 11.3.